The van der Waals surface area contributed by atoms with Gasteiger partial charge in [-0.3, -0.25) is 14.5 Å². The van der Waals surface area contributed by atoms with E-state index in [0.29, 0.717) is 31.1 Å². The first kappa shape index (κ1) is 14.9. The molecule has 2 rings (SSSR count). The number of carbonyl (C=O) groups excluding carboxylic acids is 2. The molecule has 0 radical (unpaired) electrons. The molecule has 3 heteroatoms. The molecule has 1 aromatic carbocycles. The van der Waals surface area contributed by atoms with Crippen molar-refractivity contribution in [2.45, 2.75) is 39.0 Å². The number of nitrogens with zero attached hydrogens (tertiary/aromatic N) is 1. The van der Waals surface area contributed by atoms with Crippen LogP contribution in [-0.4, -0.2) is 36.1 Å². The molecule has 1 saturated heterocycles. The first-order valence-electron chi connectivity index (χ1n) is 7.47. The highest BCUT2D eigenvalue weighted by Gasteiger charge is 2.19. The molecule has 20 heavy (non-hydrogen) atoms. The second-order valence-electron chi connectivity index (χ2n) is 5.67. The van der Waals surface area contributed by atoms with Crippen LogP contribution in [0.15, 0.2) is 24.3 Å². The van der Waals surface area contributed by atoms with Gasteiger partial charge in [0.05, 0.1) is 6.54 Å². The van der Waals surface area contributed by atoms with Crippen LogP contribution < -0.4 is 0 Å². The van der Waals surface area contributed by atoms with E-state index in [-0.39, 0.29) is 5.78 Å². The zero-order chi connectivity index (χ0) is 14.5. The van der Waals surface area contributed by atoms with Gasteiger partial charge in [-0.1, -0.05) is 38.1 Å². The van der Waals surface area contributed by atoms with Gasteiger partial charge in [-0.25, -0.2) is 0 Å². The lowest BCUT2D eigenvalue weighted by molar-refractivity contribution is -0.121. The van der Waals surface area contributed by atoms with E-state index in [9.17, 15) is 9.59 Å². The Bertz CT molecular complexity index is 468. The summed E-state index contributed by atoms with van der Waals surface area (Å²) in [5.41, 5.74) is 2.06. The summed E-state index contributed by atoms with van der Waals surface area (Å²) in [6.07, 6.45) is 2.27. The van der Waals surface area contributed by atoms with E-state index in [2.05, 4.69) is 30.9 Å². The maximum atomic E-state index is 12.2. The zero-order valence-corrected chi connectivity index (χ0v) is 12.4. The molecule has 108 valence electrons. The van der Waals surface area contributed by atoms with Gasteiger partial charge in [0.25, 0.3) is 0 Å². The van der Waals surface area contributed by atoms with Crippen molar-refractivity contribution in [2.24, 2.45) is 0 Å². The topological polar surface area (TPSA) is 37.4 Å². The number of hydrogen-bond donors (Lipinski definition) is 0. The van der Waals surface area contributed by atoms with Gasteiger partial charge in [0.2, 0.25) is 0 Å². The number of benzene rings is 1. The number of hydrogen-bond acceptors (Lipinski definition) is 3. The van der Waals surface area contributed by atoms with Crippen LogP contribution in [-0.2, 0) is 4.79 Å². The Morgan fingerprint density at radius 3 is 2.35 bits per heavy atom. The minimum atomic E-state index is 0.148. The van der Waals surface area contributed by atoms with E-state index in [1.54, 1.807) is 0 Å². The molecule has 1 fully saturated rings. The Hall–Kier alpha value is -1.48. The fourth-order valence-electron chi connectivity index (χ4n) is 2.49. The van der Waals surface area contributed by atoms with Crippen molar-refractivity contribution >= 4 is 11.6 Å². The first-order chi connectivity index (χ1) is 9.60. The van der Waals surface area contributed by atoms with Crippen LogP contribution in [0.25, 0.3) is 0 Å². The number of ketones is 2. The van der Waals surface area contributed by atoms with Crippen molar-refractivity contribution in [3.8, 4) is 0 Å². The smallest absolute Gasteiger partial charge is 0.176 e. The van der Waals surface area contributed by atoms with Crippen LogP contribution in [0.1, 0.15) is 54.9 Å². The summed E-state index contributed by atoms with van der Waals surface area (Å²) < 4.78 is 0. The molecule has 0 amide bonds. The maximum Gasteiger partial charge on any atom is 0.176 e. The lowest BCUT2D eigenvalue weighted by atomic mass is 9.97. The number of carbonyl (C=O) groups is 2. The van der Waals surface area contributed by atoms with E-state index < -0.39 is 0 Å². The maximum absolute atomic E-state index is 12.2. The van der Waals surface area contributed by atoms with Crippen LogP contribution in [0.3, 0.4) is 0 Å². The molecule has 1 atom stereocenters. The van der Waals surface area contributed by atoms with Crippen molar-refractivity contribution in [1.29, 1.82) is 0 Å². The van der Waals surface area contributed by atoms with Gasteiger partial charge in [0.1, 0.15) is 5.78 Å². The summed E-state index contributed by atoms with van der Waals surface area (Å²) >= 11 is 0. The van der Waals surface area contributed by atoms with Gasteiger partial charge in [-0.05, 0) is 17.9 Å². The van der Waals surface area contributed by atoms with Gasteiger partial charge < -0.3 is 0 Å². The van der Waals surface area contributed by atoms with Gasteiger partial charge >= 0.3 is 0 Å². The highest BCUT2D eigenvalue weighted by atomic mass is 16.1. The van der Waals surface area contributed by atoms with Crippen molar-refractivity contribution in [2.75, 3.05) is 19.6 Å². The Morgan fingerprint density at radius 2 is 1.80 bits per heavy atom. The summed E-state index contributed by atoms with van der Waals surface area (Å²) in [6, 6.07) is 7.97. The van der Waals surface area contributed by atoms with E-state index in [1.165, 1.54) is 5.56 Å². The predicted molar refractivity (Wildman–Crippen MR) is 80.2 cm³/mol. The molecule has 1 unspecified atom stereocenters. The van der Waals surface area contributed by atoms with Crippen LogP contribution in [0.4, 0.5) is 0 Å². The van der Waals surface area contributed by atoms with Gasteiger partial charge in [-0.15, -0.1) is 0 Å². The summed E-state index contributed by atoms with van der Waals surface area (Å²) in [5.74, 6) is 0.994. The number of piperidine rings is 1. The Balaban J connectivity index is 1.94. The highest BCUT2D eigenvalue weighted by molar-refractivity contribution is 5.97. The van der Waals surface area contributed by atoms with Crippen molar-refractivity contribution < 1.29 is 9.59 Å². The number of Topliss-reactive ketones (excluding diaryl/α,β-unsaturated/α-hetero) is 2. The molecule has 1 aliphatic heterocycles. The fraction of sp³-hybridized carbons (Fsp3) is 0.529. The molecule has 0 aromatic heterocycles. The van der Waals surface area contributed by atoms with Crippen molar-refractivity contribution in [1.82, 2.24) is 4.90 Å². The molecule has 0 bridgehead atoms. The summed E-state index contributed by atoms with van der Waals surface area (Å²) in [4.78, 5) is 25.5. The van der Waals surface area contributed by atoms with Crippen molar-refractivity contribution in [3.63, 3.8) is 0 Å². The van der Waals surface area contributed by atoms with Crippen LogP contribution >= 0.6 is 0 Å². The number of rotatable bonds is 5. The van der Waals surface area contributed by atoms with Gasteiger partial charge in [0, 0.05) is 31.5 Å². The third kappa shape index (κ3) is 3.76. The lowest BCUT2D eigenvalue weighted by Gasteiger charge is -2.24. The Morgan fingerprint density at radius 1 is 1.20 bits per heavy atom. The zero-order valence-electron chi connectivity index (χ0n) is 12.4. The summed E-state index contributed by atoms with van der Waals surface area (Å²) in [5, 5.41) is 0. The van der Waals surface area contributed by atoms with E-state index >= 15 is 0 Å². The van der Waals surface area contributed by atoms with E-state index in [0.717, 1.165) is 25.1 Å². The molecule has 1 aromatic rings. The Labute approximate surface area is 121 Å². The SMILES string of the molecule is CCC(C)c1ccc(C(=O)CN2CCC(=O)CC2)cc1. The molecule has 0 aliphatic carbocycles. The van der Waals surface area contributed by atoms with E-state index in [1.807, 2.05) is 12.1 Å². The second-order valence-corrected chi connectivity index (χ2v) is 5.67. The minimum Gasteiger partial charge on any atom is -0.300 e. The molecule has 0 saturated carbocycles. The van der Waals surface area contributed by atoms with E-state index in [4.69, 9.17) is 0 Å². The third-order valence-electron chi connectivity index (χ3n) is 4.20. The molecular weight excluding hydrogens is 250 g/mol. The third-order valence-corrected chi connectivity index (χ3v) is 4.20. The first-order valence-corrected chi connectivity index (χ1v) is 7.47. The lowest BCUT2D eigenvalue weighted by Crippen LogP contribution is -2.37. The minimum absolute atomic E-state index is 0.148. The fourth-order valence-corrected chi connectivity index (χ4v) is 2.49. The van der Waals surface area contributed by atoms with Crippen molar-refractivity contribution in [3.05, 3.63) is 35.4 Å². The monoisotopic (exact) mass is 273 g/mol. The molecule has 3 nitrogen and oxygen atoms in total. The normalized spacial score (nSPS) is 18.0. The average molecular weight is 273 g/mol. The molecule has 0 N–H and O–H groups in total. The molecule has 1 aliphatic rings. The van der Waals surface area contributed by atoms with Gasteiger partial charge in [-0.2, -0.15) is 0 Å². The van der Waals surface area contributed by atoms with Crippen LogP contribution in [0.5, 0.6) is 0 Å². The predicted octanol–water partition coefficient (Wildman–Crippen LogP) is 3.05. The second kappa shape index (κ2) is 6.80. The summed E-state index contributed by atoms with van der Waals surface area (Å²) in [6.45, 7) is 6.23. The molecular formula is C17H23NO2. The molecule has 0 spiro atoms. The van der Waals surface area contributed by atoms with Crippen LogP contribution in [0.2, 0.25) is 0 Å². The largest absolute Gasteiger partial charge is 0.300 e. The quantitative estimate of drug-likeness (QED) is 0.774. The number of likely N-dealkylation sites (tertiary alicyclic amines) is 1. The van der Waals surface area contributed by atoms with Crippen LogP contribution in [0, 0.1) is 0 Å². The standard InChI is InChI=1S/C17H23NO2/c1-3-13(2)14-4-6-15(7-5-14)17(20)12-18-10-8-16(19)9-11-18/h4-7,13H,3,8-12H2,1-2H3. The molecule has 1 heterocycles. The summed E-state index contributed by atoms with van der Waals surface area (Å²) in [7, 11) is 0. The van der Waals surface area contributed by atoms with Gasteiger partial charge in [0.15, 0.2) is 5.78 Å². The average Bonchev–Trinajstić information content (AvgIpc) is 2.49. The Kier molecular flexibility index (Phi) is 5.07. The highest BCUT2D eigenvalue weighted by Crippen LogP contribution is 2.19.